The molecule has 0 atom stereocenters. The van der Waals surface area contributed by atoms with Crippen LogP contribution >= 0.6 is 0 Å². The van der Waals surface area contributed by atoms with Crippen LogP contribution in [0.4, 0.5) is 0 Å². The summed E-state index contributed by atoms with van der Waals surface area (Å²) in [5, 5.41) is 9.68. The van der Waals surface area contributed by atoms with Crippen molar-refractivity contribution in [2.24, 2.45) is 0 Å². The van der Waals surface area contributed by atoms with Crippen molar-refractivity contribution in [2.45, 2.75) is 0 Å². The van der Waals surface area contributed by atoms with Gasteiger partial charge >= 0.3 is 0 Å². The zero-order valence-electron chi connectivity index (χ0n) is 34.9. The summed E-state index contributed by atoms with van der Waals surface area (Å²) in [6, 6.07) is 85.9. The molecule has 0 aliphatic rings. The maximum atomic E-state index is 6.56. The van der Waals surface area contributed by atoms with Crippen LogP contribution in [-0.2, 0) is 0 Å². The molecule has 0 aliphatic heterocycles. The van der Waals surface area contributed by atoms with Crippen LogP contribution in [0.15, 0.2) is 241 Å². The molecule has 0 amide bonds. The van der Waals surface area contributed by atoms with E-state index in [9.17, 15) is 0 Å². The Balaban J connectivity index is 0.988. The van der Waals surface area contributed by atoms with Crippen molar-refractivity contribution < 1.29 is 4.42 Å². The molecular formula is C62H39NO. The van der Waals surface area contributed by atoms with Crippen molar-refractivity contribution in [1.29, 1.82) is 0 Å². The fraction of sp³-hybridized carbons (Fsp3) is 0. The third-order valence-electron chi connectivity index (χ3n) is 13.2. The van der Waals surface area contributed by atoms with Crippen LogP contribution in [0.5, 0.6) is 0 Å². The lowest BCUT2D eigenvalue weighted by Crippen LogP contribution is -1.95. The van der Waals surface area contributed by atoms with Crippen LogP contribution in [-0.4, -0.2) is 4.57 Å². The maximum absolute atomic E-state index is 6.56. The van der Waals surface area contributed by atoms with Gasteiger partial charge in [-0.15, -0.1) is 0 Å². The quantitative estimate of drug-likeness (QED) is 0.153. The van der Waals surface area contributed by atoms with Gasteiger partial charge in [0.15, 0.2) is 0 Å². The first-order valence-corrected chi connectivity index (χ1v) is 22.0. The van der Waals surface area contributed by atoms with Gasteiger partial charge in [-0.2, -0.15) is 0 Å². The van der Waals surface area contributed by atoms with E-state index >= 15 is 0 Å². The highest BCUT2D eigenvalue weighted by molar-refractivity contribution is 6.21. The fourth-order valence-corrected chi connectivity index (χ4v) is 10.2. The summed E-state index contributed by atoms with van der Waals surface area (Å²) in [5.74, 6) is 0. The van der Waals surface area contributed by atoms with E-state index in [4.69, 9.17) is 4.42 Å². The van der Waals surface area contributed by atoms with Crippen molar-refractivity contribution >= 4 is 65.3 Å². The third-order valence-corrected chi connectivity index (χ3v) is 13.2. The van der Waals surface area contributed by atoms with Crippen LogP contribution in [0.1, 0.15) is 0 Å². The molecule has 0 radical (unpaired) electrons. The number of hydrogen-bond donors (Lipinski definition) is 0. The Hall–Kier alpha value is -8.46. The summed E-state index contributed by atoms with van der Waals surface area (Å²) in [7, 11) is 0. The van der Waals surface area contributed by atoms with Crippen molar-refractivity contribution in [1.82, 2.24) is 4.57 Å². The van der Waals surface area contributed by atoms with Gasteiger partial charge in [-0.3, -0.25) is 0 Å². The molecule has 2 heteroatoms. The number of fused-ring (bicyclic) bond motifs is 8. The highest BCUT2D eigenvalue weighted by Gasteiger charge is 2.20. The molecule has 64 heavy (non-hydrogen) atoms. The molecule has 13 aromatic rings. The van der Waals surface area contributed by atoms with Crippen molar-refractivity contribution in [3.63, 3.8) is 0 Å². The zero-order valence-corrected chi connectivity index (χ0v) is 34.9. The second kappa shape index (κ2) is 14.6. The Labute approximate surface area is 370 Å². The normalized spacial score (nSPS) is 11.8. The Morgan fingerprint density at radius 1 is 0.266 bits per heavy atom. The lowest BCUT2D eigenvalue weighted by atomic mass is 9.86. The number of nitrogens with zero attached hydrogens (tertiary/aromatic N) is 1. The lowest BCUT2D eigenvalue weighted by Gasteiger charge is -2.18. The molecule has 2 aromatic heterocycles. The standard InChI is InChI=1S/C62H39NO/c1-3-14-40(15-4-1)41-26-28-42(29-27-41)45-32-36-57-55(38-45)56-39-46(48-23-13-24-54-49-18-11-12-25-59(49)64-62(48)54)33-37-58(56)63(57)47-34-30-44(31-35-47)61-52-21-9-7-19-50(52)60(43-16-5-2-6-17-43)51-20-8-10-22-53(51)61/h1-39H. The first-order valence-electron chi connectivity index (χ1n) is 22.0. The van der Waals surface area contributed by atoms with E-state index in [1.165, 1.54) is 76.8 Å². The predicted molar refractivity (Wildman–Crippen MR) is 270 cm³/mol. The van der Waals surface area contributed by atoms with Gasteiger partial charge in [-0.25, -0.2) is 0 Å². The summed E-state index contributed by atoms with van der Waals surface area (Å²) < 4.78 is 8.98. The van der Waals surface area contributed by atoms with Crippen LogP contribution in [0.25, 0.3) is 127 Å². The molecule has 0 N–H and O–H groups in total. The third kappa shape index (κ3) is 5.73. The van der Waals surface area contributed by atoms with E-state index < -0.39 is 0 Å². The minimum atomic E-state index is 0.905. The smallest absolute Gasteiger partial charge is 0.143 e. The van der Waals surface area contributed by atoms with Gasteiger partial charge in [0.2, 0.25) is 0 Å². The van der Waals surface area contributed by atoms with Crippen molar-refractivity contribution in [3.05, 3.63) is 237 Å². The van der Waals surface area contributed by atoms with Gasteiger partial charge < -0.3 is 8.98 Å². The van der Waals surface area contributed by atoms with E-state index in [1.54, 1.807) is 0 Å². The Morgan fingerprint density at radius 2 is 0.688 bits per heavy atom. The number of rotatable bonds is 6. The van der Waals surface area contributed by atoms with Crippen LogP contribution in [0.2, 0.25) is 0 Å². The molecule has 0 saturated carbocycles. The molecule has 2 nitrogen and oxygen atoms in total. The highest BCUT2D eigenvalue weighted by atomic mass is 16.3. The molecular weight excluding hydrogens is 775 g/mol. The molecule has 298 valence electrons. The number of furan rings is 1. The van der Waals surface area contributed by atoms with Gasteiger partial charge in [-0.05, 0) is 114 Å². The number of aromatic nitrogens is 1. The van der Waals surface area contributed by atoms with Gasteiger partial charge in [0.1, 0.15) is 11.2 Å². The first kappa shape index (κ1) is 36.2. The van der Waals surface area contributed by atoms with Crippen LogP contribution in [0.3, 0.4) is 0 Å². The summed E-state index contributed by atoms with van der Waals surface area (Å²) in [4.78, 5) is 0. The minimum absolute atomic E-state index is 0.905. The number of para-hydroxylation sites is 2. The van der Waals surface area contributed by atoms with Crippen molar-refractivity contribution in [2.75, 3.05) is 0 Å². The monoisotopic (exact) mass is 813 g/mol. The zero-order chi connectivity index (χ0) is 42.1. The SMILES string of the molecule is c1ccc(-c2ccc(-c3ccc4c(c3)c3cc(-c5cccc6c5oc5ccccc56)ccc3n4-c3ccc(-c4c5ccccc5c(-c5ccccc5)c5ccccc45)cc3)cc2)cc1. The topological polar surface area (TPSA) is 18.1 Å². The lowest BCUT2D eigenvalue weighted by molar-refractivity contribution is 0.670. The number of benzene rings is 11. The predicted octanol–water partition coefficient (Wildman–Crippen LogP) is 17.3. The summed E-state index contributed by atoms with van der Waals surface area (Å²) in [5.41, 5.74) is 17.2. The average molecular weight is 814 g/mol. The summed E-state index contributed by atoms with van der Waals surface area (Å²) in [6.45, 7) is 0. The summed E-state index contributed by atoms with van der Waals surface area (Å²) >= 11 is 0. The van der Waals surface area contributed by atoms with Gasteiger partial charge in [0, 0.05) is 32.8 Å². The summed E-state index contributed by atoms with van der Waals surface area (Å²) in [6.07, 6.45) is 0. The van der Waals surface area contributed by atoms with Crippen molar-refractivity contribution in [3.8, 4) is 61.3 Å². The fourth-order valence-electron chi connectivity index (χ4n) is 10.2. The van der Waals surface area contributed by atoms with Gasteiger partial charge in [0.05, 0.1) is 11.0 Å². The highest BCUT2D eigenvalue weighted by Crippen LogP contribution is 2.45. The Kier molecular flexibility index (Phi) is 8.25. The number of hydrogen-bond acceptors (Lipinski definition) is 1. The molecule has 0 aliphatic carbocycles. The van der Waals surface area contributed by atoms with E-state index in [-0.39, 0.29) is 0 Å². The first-order chi connectivity index (χ1) is 31.7. The molecule has 13 rings (SSSR count). The van der Waals surface area contributed by atoms with Gasteiger partial charge in [0.25, 0.3) is 0 Å². The molecule has 0 spiro atoms. The maximum Gasteiger partial charge on any atom is 0.143 e. The molecule has 0 fully saturated rings. The second-order valence-electron chi connectivity index (χ2n) is 16.8. The molecule has 0 saturated heterocycles. The molecule has 0 unspecified atom stereocenters. The van der Waals surface area contributed by atoms with Gasteiger partial charge in [-0.1, -0.05) is 194 Å². The molecule has 2 heterocycles. The Morgan fingerprint density at radius 3 is 1.30 bits per heavy atom. The Bertz CT molecular complexity index is 3860. The molecule has 11 aromatic carbocycles. The van der Waals surface area contributed by atoms with Crippen LogP contribution in [0, 0.1) is 0 Å². The van der Waals surface area contributed by atoms with E-state index in [0.29, 0.717) is 0 Å². The van der Waals surface area contributed by atoms with Crippen LogP contribution < -0.4 is 0 Å². The van der Waals surface area contributed by atoms with E-state index in [2.05, 4.69) is 235 Å². The molecule has 0 bridgehead atoms. The minimum Gasteiger partial charge on any atom is -0.455 e. The average Bonchev–Trinajstić information content (AvgIpc) is 3.91. The largest absolute Gasteiger partial charge is 0.455 e. The van der Waals surface area contributed by atoms with E-state index in [1.807, 2.05) is 6.07 Å². The van der Waals surface area contributed by atoms with E-state index in [0.717, 1.165) is 49.8 Å². The second-order valence-corrected chi connectivity index (χ2v) is 16.8.